The van der Waals surface area contributed by atoms with Crippen LogP contribution in [0.1, 0.15) is 28.8 Å². The predicted octanol–water partition coefficient (Wildman–Crippen LogP) is 2.55. The molecule has 3 rings (SSSR count). The fourth-order valence-electron chi connectivity index (χ4n) is 3.20. The highest BCUT2D eigenvalue weighted by Crippen LogP contribution is 2.24. The summed E-state index contributed by atoms with van der Waals surface area (Å²) < 4.78 is 5.31. The number of rotatable bonds is 5. The number of nitrogens with zero attached hydrogens (tertiary/aromatic N) is 1. The van der Waals surface area contributed by atoms with Crippen LogP contribution in [0.2, 0.25) is 0 Å². The SMILES string of the molecule is COc1cccc(N2CCCC(NC(=O)c3ccc(CN)cc3)C2)c1. The van der Waals surface area contributed by atoms with E-state index < -0.39 is 0 Å². The summed E-state index contributed by atoms with van der Waals surface area (Å²) in [5.41, 5.74) is 8.43. The Hall–Kier alpha value is -2.53. The first kappa shape index (κ1) is 17.3. The van der Waals surface area contributed by atoms with Crippen LogP contribution >= 0.6 is 0 Å². The van der Waals surface area contributed by atoms with E-state index in [1.807, 2.05) is 42.5 Å². The summed E-state index contributed by atoms with van der Waals surface area (Å²) in [5, 5.41) is 3.16. The minimum absolute atomic E-state index is 0.0268. The van der Waals surface area contributed by atoms with E-state index in [4.69, 9.17) is 10.5 Å². The van der Waals surface area contributed by atoms with Crippen molar-refractivity contribution in [2.75, 3.05) is 25.1 Å². The molecule has 1 atom stereocenters. The Kier molecular flexibility index (Phi) is 5.56. The molecule has 0 aliphatic carbocycles. The monoisotopic (exact) mass is 339 g/mol. The topological polar surface area (TPSA) is 67.6 Å². The minimum atomic E-state index is -0.0268. The number of carbonyl (C=O) groups excluding carboxylic acids is 1. The van der Waals surface area contributed by atoms with E-state index in [9.17, 15) is 4.79 Å². The van der Waals surface area contributed by atoms with Gasteiger partial charge in [-0.1, -0.05) is 18.2 Å². The van der Waals surface area contributed by atoms with Gasteiger partial charge in [-0.2, -0.15) is 0 Å². The maximum absolute atomic E-state index is 12.5. The molecule has 0 saturated carbocycles. The molecule has 1 saturated heterocycles. The van der Waals surface area contributed by atoms with E-state index in [-0.39, 0.29) is 11.9 Å². The Labute approximate surface area is 148 Å². The first-order chi connectivity index (χ1) is 12.2. The first-order valence-corrected chi connectivity index (χ1v) is 8.68. The van der Waals surface area contributed by atoms with Crippen LogP contribution in [0.15, 0.2) is 48.5 Å². The van der Waals surface area contributed by atoms with Gasteiger partial charge in [-0.25, -0.2) is 0 Å². The van der Waals surface area contributed by atoms with Crippen LogP contribution < -0.4 is 20.7 Å². The van der Waals surface area contributed by atoms with Gasteiger partial charge in [0.25, 0.3) is 5.91 Å². The third kappa shape index (κ3) is 4.31. The van der Waals surface area contributed by atoms with Gasteiger partial charge in [0.1, 0.15) is 5.75 Å². The number of hydrogen-bond donors (Lipinski definition) is 2. The number of benzene rings is 2. The van der Waals surface area contributed by atoms with Gasteiger partial charge in [0, 0.05) is 43.0 Å². The van der Waals surface area contributed by atoms with Crippen LogP contribution in [0, 0.1) is 0 Å². The normalized spacial score (nSPS) is 17.2. The summed E-state index contributed by atoms with van der Waals surface area (Å²) in [6, 6.07) is 15.7. The lowest BCUT2D eigenvalue weighted by atomic mass is 10.0. The van der Waals surface area contributed by atoms with E-state index in [1.165, 1.54) is 0 Å². The highest BCUT2D eigenvalue weighted by atomic mass is 16.5. The number of carbonyl (C=O) groups is 1. The largest absolute Gasteiger partial charge is 0.497 e. The maximum atomic E-state index is 12.5. The fourth-order valence-corrected chi connectivity index (χ4v) is 3.20. The van der Waals surface area contributed by atoms with Crippen molar-refractivity contribution < 1.29 is 9.53 Å². The molecule has 25 heavy (non-hydrogen) atoms. The Morgan fingerprint density at radius 3 is 2.80 bits per heavy atom. The van der Waals surface area contributed by atoms with Crippen molar-refractivity contribution >= 4 is 11.6 Å². The second-order valence-electron chi connectivity index (χ2n) is 6.36. The summed E-state index contributed by atoms with van der Waals surface area (Å²) >= 11 is 0. The third-order valence-electron chi connectivity index (χ3n) is 4.63. The molecule has 5 nitrogen and oxygen atoms in total. The molecule has 0 radical (unpaired) electrons. The van der Waals surface area contributed by atoms with Gasteiger partial charge in [-0.15, -0.1) is 0 Å². The Morgan fingerprint density at radius 2 is 2.08 bits per heavy atom. The van der Waals surface area contributed by atoms with Gasteiger partial charge in [-0.3, -0.25) is 4.79 Å². The van der Waals surface area contributed by atoms with E-state index >= 15 is 0 Å². The quantitative estimate of drug-likeness (QED) is 0.878. The number of amides is 1. The van der Waals surface area contributed by atoms with Crippen molar-refractivity contribution in [2.45, 2.75) is 25.4 Å². The van der Waals surface area contributed by atoms with Crippen LogP contribution in [0.4, 0.5) is 5.69 Å². The van der Waals surface area contributed by atoms with Crippen LogP contribution in [-0.4, -0.2) is 32.1 Å². The van der Waals surface area contributed by atoms with Gasteiger partial charge < -0.3 is 20.7 Å². The molecule has 0 aromatic heterocycles. The number of piperidine rings is 1. The highest BCUT2D eigenvalue weighted by Gasteiger charge is 2.22. The molecule has 1 aliphatic heterocycles. The number of hydrogen-bond acceptors (Lipinski definition) is 4. The van der Waals surface area contributed by atoms with Crippen molar-refractivity contribution in [1.82, 2.24) is 5.32 Å². The summed E-state index contributed by atoms with van der Waals surface area (Å²) in [7, 11) is 1.67. The van der Waals surface area contributed by atoms with Crippen molar-refractivity contribution in [3.63, 3.8) is 0 Å². The molecule has 132 valence electrons. The molecule has 0 spiro atoms. The van der Waals surface area contributed by atoms with Gasteiger partial charge >= 0.3 is 0 Å². The molecule has 1 unspecified atom stereocenters. The minimum Gasteiger partial charge on any atom is -0.497 e. The summed E-state index contributed by atoms with van der Waals surface area (Å²) in [6.07, 6.45) is 2.04. The fraction of sp³-hybridized carbons (Fsp3) is 0.350. The van der Waals surface area contributed by atoms with Crippen molar-refractivity contribution in [3.8, 4) is 5.75 Å². The standard InChI is InChI=1S/C20H25N3O2/c1-25-19-6-2-5-18(12-19)23-11-3-4-17(14-23)22-20(24)16-9-7-15(13-21)8-10-16/h2,5-10,12,17H,3-4,11,13-14,21H2,1H3,(H,22,24). The Morgan fingerprint density at radius 1 is 1.28 bits per heavy atom. The molecule has 2 aromatic rings. The van der Waals surface area contributed by atoms with E-state index in [2.05, 4.69) is 16.3 Å². The lowest BCUT2D eigenvalue weighted by molar-refractivity contribution is 0.0933. The molecular formula is C20H25N3O2. The molecule has 1 amide bonds. The molecule has 3 N–H and O–H groups in total. The molecule has 1 fully saturated rings. The Balaban J connectivity index is 1.63. The van der Waals surface area contributed by atoms with Gasteiger partial charge in [0.15, 0.2) is 0 Å². The van der Waals surface area contributed by atoms with Crippen molar-refractivity contribution in [3.05, 3.63) is 59.7 Å². The van der Waals surface area contributed by atoms with Crippen LogP contribution in [0.5, 0.6) is 5.75 Å². The zero-order valence-corrected chi connectivity index (χ0v) is 14.6. The maximum Gasteiger partial charge on any atom is 0.251 e. The van der Waals surface area contributed by atoms with E-state index in [0.29, 0.717) is 12.1 Å². The lowest BCUT2D eigenvalue weighted by Crippen LogP contribution is -2.47. The molecule has 0 bridgehead atoms. The van der Waals surface area contributed by atoms with E-state index in [1.54, 1.807) is 7.11 Å². The zero-order chi connectivity index (χ0) is 17.6. The average molecular weight is 339 g/mol. The summed E-state index contributed by atoms with van der Waals surface area (Å²) in [5.74, 6) is 0.824. The number of nitrogens with two attached hydrogens (primary N) is 1. The highest BCUT2D eigenvalue weighted by molar-refractivity contribution is 5.94. The predicted molar refractivity (Wildman–Crippen MR) is 100 cm³/mol. The van der Waals surface area contributed by atoms with Crippen molar-refractivity contribution in [2.24, 2.45) is 5.73 Å². The summed E-state index contributed by atoms with van der Waals surface area (Å²) in [4.78, 5) is 14.8. The summed E-state index contributed by atoms with van der Waals surface area (Å²) in [6.45, 7) is 2.28. The number of methoxy groups -OCH3 is 1. The molecule has 2 aromatic carbocycles. The third-order valence-corrected chi connectivity index (χ3v) is 4.63. The van der Waals surface area contributed by atoms with Gasteiger partial charge in [0.05, 0.1) is 7.11 Å². The molecule has 5 heteroatoms. The first-order valence-electron chi connectivity index (χ1n) is 8.68. The average Bonchev–Trinajstić information content (AvgIpc) is 2.68. The number of nitrogens with one attached hydrogen (secondary N) is 1. The van der Waals surface area contributed by atoms with Crippen LogP contribution in [0.25, 0.3) is 0 Å². The van der Waals surface area contributed by atoms with Gasteiger partial charge in [-0.05, 0) is 42.7 Å². The molecule has 1 aliphatic rings. The van der Waals surface area contributed by atoms with E-state index in [0.717, 1.165) is 42.9 Å². The number of ether oxygens (including phenoxy) is 1. The lowest BCUT2D eigenvalue weighted by Gasteiger charge is -2.35. The van der Waals surface area contributed by atoms with Crippen molar-refractivity contribution in [1.29, 1.82) is 0 Å². The zero-order valence-electron chi connectivity index (χ0n) is 14.6. The molecular weight excluding hydrogens is 314 g/mol. The second kappa shape index (κ2) is 8.03. The van der Waals surface area contributed by atoms with Crippen LogP contribution in [-0.2, 0) is 6.54 Å². The smallest absolute Gasteiger partial charge is 0.251 e. The Bertz CT molecular complexity index is 715. The molecule has 1 heterocycles. The number of anilines is 1. The van der Waals surface area contributed by atoms with Gasteiger partial charge in [0.2, 0.25) is 0 Å². The van der Waals surface area contributed by atoms with Crippen LogP contribution in [0.3, 0.4) is 0 Å². The second-order valence-corrected chi connectivity index (χ2v) is 6.36.